The van der Waals surface area contributed by atoms with E-state index in [9.17, 15) is 9.59 Å². The van der Waals surface area contributed by atoms with E-state index < -0.39 is 0 Å². The molecule has 2 heterocycles. The molecule has 0 unspecified atom stereocenters. The Bertz CT molecular complexity index is 877. The van der Waals surface area contributed by atoms with Crippen molar-refractivity contribution in [3.63, 3.8) is 0 Å². The maximum Gasteiger partial charge on any atom is 0.251 e. The van der Waals surface area contributed by atoms with Gasteiger partial charge in [-0.15, -0.1) is 0 Å². The van der Waals surface area contributed by atoms with Crippen molar-refractivity contribution >= 4 is 34.8 Å². The molecule has 2 aliphatic heterocycles. The number of imide groups is 1. The molecule has 6 heteroatoms. The number of amides is 2. The third-order valence-electron chi connectivity index (χ3n) is 5.41. The number of carbonyl (C=O) groups excluding carboxylic acids is 2. The second-order valence-corrected chi connectivity index (χ2v) is 7.51. The van der Waals surface area contributed by atoms with Crippen molar-refractivity contribution in [3.8, 4) is 0 Å². The van der Waals surface area contributed by atoms with Crippen molar-refractivity contribution in [2.75, 3.05) is 36.0 Å². The maximum atomic E-state index is 13.0. The van der Waals surface area contributed by atoms with E-state index in [1.165, 1.54) is 4.90 Å². The van der Waals surface area contributed by atoms with Gasteiger partial charge in [-0.25, -0.2) is 4.90 Å². The van der Waals surface area contributed by atoms with Gasteiger partial charge in [0.2, 0.25) is 5.91 Å². The Balaban J connectivity index is 1.45. The highest BCUT2D eigenvalue weighted by molar-refractivity contribution is 6.30. The highest BCUT2D eigenvalue weighted by Gasteiger charge is 2.43. The molecule has 0 aromatic heterocycles. The van der Waals surface area contributed by atoms with Crippen LogP contribution in [-0.4, -0.2) is 48.9 Å². The number of carbonyl (C=O) groups is 2. The molecule has 27 heavy (non-hydrogen) atoms. The minimum Gasteiger partial charge on any atom is -0.369 e. The molecule has 0 spiro atoms. The maximum absolute atomic E-state index is 13.0. The Labute approximate surface area is 164 Å². The number of anilines is 2. The monoisotopic (exact) mass is 383 g/mol. The van der Waals surface area contributed by atoms with Gasteiger partial charge in [0.15, 0.2) is 0 Å². The molecule has 4 rings (SSSR count). The molecule has 2 aromatic rings. The number of halogens is 1. The van der Waals surface area contributed by atoms with Crippen LogP contribution in [0.5, 0.6) is 0 Å². The van der Waals surface area contributed by atoms with Gasteiger partial charge in [0, 0.05) is 36.9 Å². The van der Waals surface area contributed by atoms with Gasteiger partial charge in [-0.1, -0.05) is 35.9 Å². The summed E-state index contributed by atoms with van der Waals surface area (Å²) in [5, 5.41) is 0.723. The number of nitrogens with zero attached hydrogens (tertiary/aromatic N) is 3. The molecule has 2 fully saturated rings. The van der Waals surface area contributed by atoms with Crippen molar-refractivity contribution < 1.29 is 9.59 Å². The molecule has 5 nitrogen and oxygen atoms in total. The fourth-order valence-corrected chi connectivity index (χ4v) is 4.12. The van der Waals surface area contributed by atoms with Crippen LogP contribution in [0.15, 0.2) is 48.5 Å². The van der Waals surface area contributed by atoms with E-state index in [1.54, 1.807) is 0 Å². The molecule has 2 aromatic carbocycles. The van der Waals surface area contributed by atoms with Gasteiger partial charge < -0.3 is 4.90 Å². The third kappa shape index (κ3) is 3.45. The number of benzene rings is 2. The molecule has 1 atom stereocenters. The summed E-state index contributed by atoms with van der Waals surface area (Å²) in [6.07, 6.45) is 0.254. The summed E-state index contributed by atoms with van der Waals surface area (Å²) in [5.74, 6) is -0.220. The molecule has 2 saturated heterocycles. The number of hydrogen-bond acceptors (Lipinski definition) is 4. The SMILES string of the molecule is Cc1ccccc1N1C(=O)C[C@H](N2CCN(c3cccc(Cl)c3)CC2)C1=O. The lowest BCUT2D eigenvalue weighted by Gasteiger charge is -2.38. The Morgan fingerprint density at radius 1 is 0.963 bits per heavy atom. The van der Waals surface area contributed by atoms with E-state index in [4.69, 9.17) is 11.6 Å². The molecule has 0 N–H and O–H groups in total. The molecular weight excluding hydrogens is 362 g/mol. The molecule has 2 amide bonds. The molecule has 0 aliphatic carbocycles. The van der Waals surface area contributed by atoms with Crippen molar-refractivity contribution in [2.24, 2.45) is 0 Å². The number of rotatable bonds is 3. The molecule has 0 radical (unpaired) electrons. The zero-order valence-electron chi connectivity index (χ0n) is 15.3. The van der Waals surface area contributed by atoms with Crippen LogP contribution >= 0.6 is 11.6 Å². The fraction of sp³-hybridized carbons (Fsp3) is 0.333. The Kier molecular flexibility index (Phi) is 4.89. The van der Waals surface area contributed by atoms with Crippen molar-refractivity contribution in [1.29, 1.82) is 0 Å². The van der Waals surface area contributed by atoms with Crippen molar-refractivity contribution in [3.05, 3.63) is 59.1 Å². The molecule has 2 aliphatic rings. The second-order valence-electron chi connectivity index (χ2n) is 7.08. The molecular formula is C21H22ClN3O2. The highest BCUT2D eigenvalue weighted by atomic mass is 35.5. The summed E-state index contributed by atoms with van der Waals surface area (Å²) >= 11 is 6.09. The predicted molar refractivity (Wildman–Crippen MR) is 107 cm³/mol. The standard InChI is InChI=1S/C21H22ClN3O2/c1-15-5-2-3-8-18(15)25-20(26)14-19(21(25)27)24-11-9-23(10-12-24)17-7-4-6-16(22)13-17/h2-8,13,19H,9-12,14H2,1H3/t19-/m0/s1. The summed E-state index contributed by atoms with van der Waals surface area (Å²) in [7, 11) is 0. The number of para-hydroxylation sites is 1. The lowest BCUT2D eigenvalue weighted by atomic mass is 10.1. The van der Waals surface area contributed by atoms with E-state index in [0.29, 0.717) is 5.69 Å². The topological polar surface area (TPSA) is 43.9 Å². The first kappa shape index (κ1) is 18.0. The fourth-order valence-electron chi connectivity index (χ4n) is 3.93. The highest BCUT2D eigenvalue weighted by Crippen LogP contribution is 2.29. The van der Waals surface area contributed by atoms with E-state index in [0.717, 1.165) is 42.5 Å². The van der Waals surface area contributed by atoms with E-state index >= 15 is 0 Å². The van der Waals surface area contributed by atoms with Crippen molar-refractivity contribution in [1.82, 2.24) is 4.90 Å². The lowest BCUT2D eigenvalue weighted by molar-refractivity contribution is -0.123. The third-order valence-corrected chi connectivity index (χ3v) is 5.64. The average molecular weight is 384 g/mol. The smallest absolute Gasteiger partial charge is 0.251 e. The summed E-state index contributed by atoms with van der Waals surface area (Å²) in [4.78, 5) is 31.3. The van der Waals surface area contributed by atoms with Crippen LogP contribution < -0.4 is 9.80 Å². The number of aryl methyl sites for hydroxylation is 1. The largest absolute Gasteiger partial charge is 0.369 e. The Hall–Kier alpha value is -2.37. The zero-order valence-corrected chi connectivity index (χ0v) is 16.0. The van der Waals surface area contributed by atoms with Crippen LogP contribution in [0.4, 0.5) is 11.4 Å². The lowest BCUT2D eigenvalue weighted by Crippen LogP contribution is -2.52. The first-order chi connectivity index (χ1) is 13.0. The number of hydrogen-bond donors (Lipinski definition) is 0. The summed E-state index contributed by atoms with van der Waals surface area (Å²) < 4.78 is 0. The minimum atomic E-state index is -0.362. The quantitative estimate of drug-likeness (QED) is 0.764. The van der Waals surface area contributed by atoms with Crippen LogP contribution in [0.25, 0.3) is 0 Å². The van der Waals surface area contributed by atoms with Gasteiger partial charge in [0.25, 0.3) is 5.91 Å². The van der Waals surface area contributed by atoms with Crippen LogP contribution in [-0.2, 0) is 9.59 Å². The first-order valence-corrected chi connectivity index (χ1v) is 9.59. The molecule has 140 valence electrons. The summed E-state index contributed by atoms with van der Waals surface area (Å²) in [5.41, 5.74) is 2.73. The van der Waals surface area contributed by atoms with Gasteiger partial charge in [-0.05, 0) is 36.8 Å². The Morgan fingerprint density at radius 3 is 2.41 bits per heavy atom. The van der Waals surface area contributed by atoms with Gasteiger partial charge in [0.05, 0.1) is 18.2 Å². The van der Waals surface area contributed by atoms with Crippen LogP contribution in [0.1, 0.15) is 12.0 Å². The Morgan fingerprint density at radius 2 is 1.70 bits per heavy atom. The van der Waals surface area contributed by atoms with Gasteiger partial charge >= 0.3 is 0 Å². The van der Waals surface area contributed by atoms with Gasteiger partial charge in [0.1, 0.15) is 0 Å². The predicted octanol–water partition coefficient (Wildman–Crippen LogP) is 3.10. The average Bonchev–Trinajstić information content (AvgIpc) is 2.97. The normalized spacial score (nSPS) is 21.2. The summed E-state index contributed by atoms with van der Waals surface area (Å²) in [6, 6.07) is 15.0. The van der Waals surface area contributed by atoms with Crippen LogP contribution in [0.3, 0.4) is 0 Å². The second kappa shape index (κ2) is 7.33. The molecule has 0 saturated carbocycles. The van der Waals surface area contributed by atoms with Crippen molar-refractivity contribution in [2.45, 2.75) is 19.4 Å². The summed E-state index contributed by atoms with van der Waals surface area (Å²) in [6.45, 7) is 5.04. The van der Waals surface area contributed by atoms with E-state index in [2.05, 4.69) is 9.80 Å². The number of piperazine rings is 1. The van der Waals surface area contributed by atoms with Crippen LogP contribution in [0.2, 0.25) is 5.02 Å². The van der Waals surface area contributed by atoms with E-state index in [-0.39, 0.29) is 24.3 Å². The first-order valence-electron chi connectivity index (χ1n) is 9.21. The zero-order chi connectivity index (χ0) is 19.0. The van der Waals surface area contributed by atoms with E-state index in [1.807, 2.05) is 55.5 Å². The van der Waals surface area contributed by atoms with Gasteiger partial charge in [-0.2, -0.15) is 0 Å². The minimum absolute atomic E-state index is 0.106. The van der Waals surface area contributed by atoms with Crippen LogP contribution in [0, 0.1) is 6.92 Å². The van der Waals surface area contributed by atoms with Gasteiger partial charge in [-0.3, -0.25) is 14.5 Å². The molecule has 0 bridgehead atoms.